The highest BCUT2D eigenvalue weighted by Crippen LogP contribution is 2.32. The van der Waals surface area contributed by atoms with Crippen LogP contribution < -0.4 is 0 Å². The Hall–Kier alpha value is -3.05. The Kier molecular flexibility index (Phi) is 4.63. The van der Waals surface area contributed by atoms with Crippen LogP contribution in [0, 0.1) is 17.1 Å². The summed E-state index contributed by atoms with van der Waals surface area (Å²) in [6.45, 7) is 4.18. The zero-order valence-corrected chi connectivity index (χ0v) is 13.2. The molecule has 3 rings (SSSR count). The molecule has 0 aliphatic carbocycles. The van der Waals surface area contributed by atoms with Gasteiger partial charge in [-0.3, -0.25) is 9.55 Å². The maximum atomic E-state index is 13.8. The van der Waals surface area contributed by atoms with Crippen LogP contribution in [0.4, 0.5) is 4.39 Å². The summed E-state index contributed by atoms with van der Waals surface area (Å²) >= 11 is 1.17. The first-order chi connectivity index (χ1) is 11.7. The van der Waals surface area contributed by atoms with Crippen molar-refractivity contribution < 1.29 is 4.39 Å². The van der Waals surface area contributed by atoms with Gasteiger partial charge in [0.15, 0.2) is 11.0 Å². The smallest absolute Gasteiger partial charge is 0.196 e. The van der Waals surface area contributed by atoms with Gasteiger partial charge < -0.3 is 0 Å². The highest BCUT2D eigenvalue weighted by Gasteiger charge is 2.17. The van der Waals surface area contributed by atoms with Gasteiger partial charge in [0, 0.05) is 23.8 Å². The van der Waals surface area contributed by atoms with Crippen LogP contribution in [-0.4, -0.2) is 24.7 Å². The SMILES string of the molecule is C=CCn1c(Sc2cccc(F)c2C#N)nnc1-c1cnccn1. The summed E-state index contributed by atoms with van der Waals surface area (Å²) in [4.78, 5) is 8.72. The first-order valence-electron chi connectivity index (χ1n) is 6.91. The molecule has 1 aromatic carbocycles. The van der Waals surface area contributed by atoms with Gasteiger partial charge in [-0.25, -0.2) is 9.37 Å². The van der Waals surface area contributed by atoms with Crippen LogP contribution in [0.15, 0.2) is 59.5 Å². The summed E-state index contributed by atoms with van der Waals surface area (Å²) in [7, 11) is 0. The summed E-state index contributed by atoms with van der Waals surface area (Å²) < 4.78 is 15.5. The summed E-state index contributed by atoms with van der Waals surface area (Å²) in [5.41, 5.74) is 0.551. The lowest BCUT2D eigenvalue weighted by atomic mass is 10.2. The second kappa shape index (κ2) is 7.02. The van der Waals surface area contributed by atoms with Crippen LogP contribution in [0.2, 0.25) is 0 Å². The Labute approximate surface area is 141 Å². The summed E-state index contributed by atoms with van der Waals surface area (Å²) in [6, 6.07) is 6.35. The number of nitrogens with zero attached hydrogens (tertiary/aromatic N) is 6. The van der Waals surface area contributed by atoms with E-state index in [1.165, 1.54) is 17.8 Å². The molecule has 0 aliphatic rings. The van der Waals surface area contributed by atoms with Crippen molar-refractivity contribution in [1.82, 2.24) is 24.7 Å². The number of aromatic nitrogens is 5. The average Bonchev–Trinajstić information content (AvgIpc) is 2.99. The molecule has 0 saturated carbocycles. The van der Waals surface area contributed by atoms with Crippen LogP contribution in [-0.2, 0) is 6.54 Å². The van der Waals surface area contributed by atoms with Gasteiger partial charge in [-0.2, -0.15) is 5.26 Å². The molecule has 2 heterocycles. The number of nitriles is 1. The predicted molar refractivity (Wildman–Crippen MR) is 86.5 cm³/mol. The lowest BCUT2D eigenvalue weighted by molar-refractivity contribution is 0.619. The van der Waals surface area contributed by atoms with E-state index in [0.717, 1.165) is 0 Å². The van der Waals surface area contributed by atoms with Crippen molar-refractivity contribution in [1.29, 1.82) is 5.26 Å². The van der Waals surface area contributed by atoms with Gasteiger partial charge in [-0.05, 0) is 23.9 Å². The molecular formula is C16H11FN6S. The van der Waals surface area contributed by atoms with E-state index < -0.39 is 5.82 Å². The highest BCUT2D eigenvalue weighted by atomic mass is 32.2. The normalized spacial score (nSPS) is 10.3. The first-order valence-corrected chi connectivity index (χ1v) is 7.73. The van der Waals surface area contributed by atoms with Crippen LogP contribution in [0.25, 0.3) is 11.5 Å². The van der Waals surface area contributed by atoms with Crippen LogP contribution in [0.5, 0.6) is 0 Å². The number of halogens is 1. The van der Waals surface area contributed by atoms with Gasteiger partial charge in [0.05, 0.1) is 6.20 Å². The lowest BCUT2D eigenvalue weighted by Gasteiger charge is -2.08. The molecule has 3 aromatic rings. The highest BCUT2D eigenvalue weighted by molar-refractivity contribution is 7.99. The second-order valence-electron chi connectivity index (χ2n) is 4.62. The predicted octanol–water partition coefficient (Wildman–Crippen LogP) is 3.08. The molecule has 6 nitrogen and oxygen atoms in total. The average molecular weight is 338 g/mol. The van der Waals surface area contributed by atoms with Crippen molar-refractivity contribution in [2.45, 2.75) is 16.6 Å². The largest absolute Gasteiger partial charge is 0.297 e. The van der Waals surface area contributed by atoms with E-state index in [0.29, 0.717) is 28.1 Å². The van der Waals surface area contributed by atoms with Gasteiger partial charge in [-0.1, -0.05) is 12.1 Å². The van der Waals surface area contributed by atoms with Gasteiger partial charge in [0.25, 0.3) is 0 Å². The molecule has 0 amide bonds. The zero-order valence-electron chi connectivity index (χ0n) is 12.4. The van der Waals surface area contributed by atoms with E-state index in [1.807, 2.05) is 6.07 Å². The quantitative estimate of drug-likeness (QED) is 0.665. The minimum Gasteiger partial charge on any atom is -0.297 e. The number of benzene rings is 1. The zero-order chi connectivity index (χ0) is 16.9. The third-order valence-electron chi connectivity index (χ3n) is 3.11. The standard InChI is InChI=1S/C16H11FN6S/c1-2-8-23-15(13-10-19-6-7-20-13)21-22-16(23)24-14-5-3-4-12(17)11(14)9-18/h2-7,10H,1,8H2. The fourth-order valence-electron chi connectivity index (χ4n) is 2.06. The minimum atomic E-state index is -0.563. The van der Waals surface area contributed by atoms with E-state index in [9.17, 15) is 4.39 Å². The fraction of sp³-hybridized carbons (Fsp3) is 0.0625. The summed E-state index contributed by atoms with van der Waals surface area (Å²) in [5, 5.41) is 17.9. The Bertz CT molecular complexity index is 916. The van der Waals surface area contributed by atoms with Crippen molar-refractivity contribution in [3.63, 3.8) is 0 Å². The number of allylic oxidation sites excluding steroid dienone is 1. The Morgan fingerprint density at radius 2 is 2.21 bits per heavy atom. The Balaban J connectivity index is 2.04. The van der Waals surface area contributed by atoms with E-state index in [-0.39, 0.29) is 5.56 Å². The lowest BCUT2D eigenvalue weighted by Crippen LogP contribution is -2.02. The van der Waals surface area contributed by atoms with Crippen molar-refractivity contribution >= 4 is 11.8 Å². The monoisotopic (exact) mass is 338 g/mol. The van der Waals surface area contributed by atoms with Crippen molar-refractivity contribution in [2.75, 3.05) is 0 Å². The number of hydrogen-bond acceptors (Lipinski definition) is 6. The summed E-state index contributed by atoms with van der Waals surface area (Å²) in [5.74, 6) is -0.0353. The van der Waals surface area contributed by atoms with E-state index >= 15 is 0 Å². The van der Waals surface area contributed by atoms with Gasteiger partial charge in [0.1, 0.15) is 23.1 Å². The van der Waals surface area contributed by atoms with Crippen LogP contribution in [0.1, 0.15) is 5.56 Å². The topological polar surface area (TPSA) is 80.3 Å². The van der Waals surface area contributed by atoms with E-state index in [4.69, 9.17) is 5.26 Å². The van der Waals surface area contributed by atoms with Crippen LogP contribution in [0.3, 0.4) is 0 Å². The third-order valence-corrected chi connectivity index (χ3v) is 4.15. The molecule has 118 valence electrons. The number of hydrogen-bond donors (Lipinski definition) is 0. The number of rotatable bonds is 5. The van der Waals surface area contributed by atoms with Crippen molar-refractivity contribution in [2.24, 2.45) is 0 Å². The molecule has 0 saturated heterocycles. The molecule has 24 heavy (non-hydrogen) atoms. The van der Waals surface area contributed by atoms with Crippen LogP contribution >= 0.6 is 11.8 Å². The molecule has 0 fully saturated rings. The molecule has 0 N–H and O–H groups in total. The molecule has 0 atom stereocenters. The van der Waals surface area contributed by atoms with Gasteiger partial charge in [0.2, 0.25) is 0 Å². The molecule has 0 radical (unpaired) electrons. The summed E-state index contributed by atoms with van der Waals surface area (Å²) in [6.07, 6.45) is 6.42. The minimum absolute atomic E-state index is 0.0169. The maximum Gasteiger partial charge on any atom is 0.196 e. The van der Waals surface area contributed by atoms with E-state index in [2.05, 4.69) is 26.7 Å². The molecular weight excluding hydrogens is 327 g/mol. The fourth-order valence-corrected chi connectivity index (χ4v) is 3.00. The molecule has 0 spiro atoms. The third kappa shape index (κ3) is 3.02. The molecule has 0 unspecified atom stereocenters. The Morgan fingerprint density at radius 1 is 1.33 bits per heavy atom. The second-order valence-corrected chi connectivity index (χ2v) is 5.63. The maximum absolute atomic E-state index is 13.8. The molecule has 0 aliphatic heterocycles. The Morgan fingerprint density at radius 3 is 2.92 bits per heavy atom. The van der Waals surface area contributed by atoms with E-state index in [1.54, 1.807) is 41.4 Å². The molecule has 2 aromatic heterocycles. The molecule has 0 bridgehead atoms. The van der Waals surface area contributed by atoms with Gasteiger partial charge >= 0.3 is 0 Å². The van der Waals surface area contributed by atoms with Gasteiger partial charge in [-0.15, -0.1) is 16.8 Å². The van der Waals surface area contributed by atoms with Crippen molar-refractivity contribution in [3.05, 3.63) is 60.8 Å². The first kappa shape index (κ1) is 15.8. The molecule has 8 heteroatoms. The van der Waals surface area contributed by atoms with Crippen molar-refractivity contribution in [3.8, 4) is 17.6 Å².